The Hall–Kier alpha value is -3.83. The highest BCUT2D eigenvalue weighted by Gasteiger charge is 2.42. The zero-order valence-corrected chi connectivity index (χ0v) is 16.5. The van der Waals surface area contributed by atoms with Crippen molar-refractivity contribution < 1.29 is 19.4 Å². The van der Waals surface area contributed by atoms with Crippen LogP contribution in [0.3, 0.4) is 0 Å². The minimum atomic E-state index is -1.67. The topological polar surface area (TPSA) is 111 Å². The van der Waals surface area contributed by atoms with Crippen LogP contribution in [0.15, 0.2) is 42.5 Å². The molecule has 0 unspecified atom stereocenters. The van der Waals surface area contributed by atoms with E-state index in [-0.39, 0.29) is 12.1 Å². The number of aromatic nitrogens is 2. The Balaban J connectivity index is 1.77. The van der Waals surface area contributed by atoms with Gasteiger partial charge in [0.2, 0.25) is 5.60 Å². The van der Waals surface area contributed by atoms with Crippen LogP contribution in [0.5, 0.6) is 5.75 Å². The van der Waals surface area contributed by atoms with Crippen molar-refractivity contribution in [2.45, 2.75) is 12.0 Å². The van der Waals surface area contributed by atoms with Gasteiger partial charge in [0.25, 0.3) is 11.8 Å². The molecule has 0 spiro atoms. The van der Waals surface area contributed by atoms with E-state index in [4.69, 9.17) is 10.5 Å². The molecular formula is C22H20N4O4. The Morgan fingerprint density at radius 2 is 2.10 bits per heavy atom. The summed E-state index contributed by atoms with van der Waals surface area (Å²) >= 11 is 0. The number of hydrogen-bond donors (Lipinski definition) is 2. The van der Waals surface area contributed by atoms with E-state index >= 15 is 0 Å². The van der Waals surface area contributed by atoms with Crippen LogP contribution in [-0.4, -0.2) is 57.9 Å². The molecule has 1 aliphatic rings. The van der Waals surface area contributed by atoms with Gasteiger partial charge in [0.1, 0.15) is 5.75 Å². The van der Waals surface area contributed by atoms with E-state index in [0.29, 0.717) is 34.4 Å². The van der Waals surface area contributed by atoms with Crippen molar-refractivity contribution in [3.05, 3.63) is 53.7 Å². The number of fused-ring (bicyclic) bond motifs is 1. The molecule has 2 heterocycles. The minimum absolute atomic E-state index is 0.134. The number of nitrogens with zero attached hydrogens (tertiary/aromatic N) is 3. The number of hydrogen-bond acceptors (Lipinski definition) is 5. The first-order valence-electron chi connectivity index (χ1n) is 9.30. The molecule has 1 aromatic heterocycles. The fourth-order valence-electron chi connectivity index (χ4n) is 3.46. The van der Waals surface area contributed by atoms with Crippen molar-refractivity contribution in [2.24, 2.45) is 5.73 Å². The second kappa shape index (κ2) is 7.21. The van der Waals surface area contributed by atoms with Crippen molar-refractivity contribution in [1.29, 1.82) is 0 Å². The Kier molecular flexibility index (Phi) is 4.68. The first-order chi connectivity index (χ1) is 14.3. The van der Waals surface area contributed by atoms with Crippen LogP contribution in [0.25, 0.3) is 16.6 Å². The largest absolute Gasteiger partial charge is 0.497 e. The molecule has 3 N–H and O–H groups in total. The molecule has 1 saturated heterocycles. The molecule has 2 amide bonds. The highest BCUT2D eigenvalue weighted by Crippen LogP contribution is 2.27. The number of aliphatic hydroxyl groups is 1. The lowest BCUT2D eigenvalue weighted by Crippen LogP contribution is -2.37. The number of carbonyl (C=O) groups is 2. The van der Waals surface area contributed by atoms with Gasteiger partial charge in [0, 0.05) is 31.0 Å². The molecule has 1 fully saturated rings. The summed E-state index contributed by atoms with van der Waals surface area (Å²) in [6.07, 6.45) is 0.266. The number of likely N-dealkylation sites (N-methyl/N-ethyl adjacent to an activating group) is 1. The molecule has 1 atom stereocenters. The van der Waals surface area contributed by atoms with Crippen LogP contribution in [0.1, 0.15) is 22.5 Å². The monoisotopic (exact) mass is 404 g/mol. The summed E-state index contributed by atoms with van der Waals surface area (Å²) in [6.45, 7) is 0.461. The number of carbonyl (C=O) groups excluding carboxylic acids is 2. The van der Waals surface area contributed by atoms with Crippen LogP contribution in [0, 0.1) is 11.8 Å². The zero-order valence-electron chi connectivity index (χ0n) is 16.5. The van der Waals surface area contributed by atoms with Crippen molar-refractivity contribution in [1.82, 2.24) is 14.7 Å². The average molecular weight is 404 g/mol. The maximum Gasteiger partial charge on any atom is 0.269 e. The molecule has 8 heteroatoms. The van der Waals surface area contributed by atoms with Crippen LogP contribution in [0.4, 0.5) is 0 Å². The number of ether oxygens (including phenoxy) is 1. The van der Waals surface area contributed by atoms with Gasteiger partial charge in [-0.2, -0.15) is 5.10 Å². The quantitative estimate of drug-likeness (QED) is 0.635. The van der Waals surface area contributed by atoms with E-state index in [1.54, 1.807) is 55.2 Å². The lowest BCUT2D eigenvalue weighted by atomic mass is 10.0. The SMILES string of the molecule is COc1ccc2c(c1)c(C(N)=O)nn2-c1cccc(C#C[C@]2(O)CCN(C)C2=O)c1. The molecule has 3 aromatic rings. The van der Waals surface area contributed by atoms with Crippen molar-refractivity contribution >= 4 is 22.7 Å². The van der Waals surface area contributed by atoms with Gasteiger partial charge in [0.15, 0.2) is 5.69 Å². The molecule has 0 bridgehead atoms. The van der Waals surface area contributed by atoms with E-state index < -0.39 is 17.4 Å². The second-order valence-corrected chi connectivity index (χ2v) is 7.15. The third-order valence-corrected chi connectivity index (χ3v) is 5.13. The summed E-state index contributed by atoms with van der Waals surface area (Å²) in [5, 5.41) is 15.4. The van der Waals surface area contributed by atoms with E-state index in [1.807, 2.05) is 6.07 Å². The number of nitrogens with two attached hydrogens (primary N) is 1. The Morgan fingerprint density at radius 3 is 2.77 bits per heavy atom. The van der Waals surface area contributed by atoms with Crippen molar-refractivity contribution in [2.75, 3.05) is 20.7 Å². The summed E-state index contributed by atoms with van der Waals surface area (Å²) in [6, 6.07) is 12.4. The zero-order chi connectivity index (χ0) is 21.5. The fraction of sp³-hybridized carbons (Fsp3) is 0.227. The molecule has 152 valence electrons. The fourth-order valence-corrected chi connectivity index (χ4v) is 3.46. The summed E-state index contributed by atoms with van der Waals surface area (Å²) in [4.78, 5) is 25.5. The number of rotatable bonds is 3. The van der Waals surface area contributed by atoms with Gasteiger partial charge >= 0.3 is 0 Å². The molecule has 0 saturated carbocycles. The molecule has 8 nitrogen and oxygen atoms in total. The lowest BCUT2D eigenvalue weighted by Gasteiger charge is -2.13. The van der Waals surface area contributed by atoms with Gasteiger partial charge in [0.05, 0.1) is 18.3 Å². The average Bonchev–Trinajstić information content (AvgIpc) is 3.26. The van der Waals surface area contributed by atoms with E-state index in [0.717, 1.165) is 0 Å². The number of amides is 2. The van der Waals surface area contributed by atoms with Gasteiger partial charge in [-0.05, 0) is 36.4 Å². The molecule has 30 heavy (non-hydrogen) atoms. The summed E-state index contributed by atoms with van der Waals surface area (Å²) in [5.41, 5.74) is 5.91. The predicted molar refractivity (Wildman–Crippen MR) is 110 cm³/mol. The van der Waals surface area contributed by atoms with Gasteiger partial charge < -0.3 is 20.5 Å². The smallest absolute Gasteiger partial charge is 0.269 e. The first-order valence-corrected chi connectivity index (χ1v) is 9.30. The van der Waals surface area contributed by atoms with E-state index in [1.165, 1.54) is 4.90 Å². The molecule has 0 aliphatic carbocycles. The first kappa shape index (κ1) is 19.5. The standard InChI is InChI=1S/C22H20N4O4/c1-25-11-10-22(29,21(25)28)9-8-14-4-3-5-15(12-14)26-18-7-6-16(30-2)13-17(18)19(24-26)20(23)27/h3-7,12-13,29H,10-11H2,1-2H3,(H2,23,27)/t22-/m0/s1. The number of benzene rings is 2. The summed E-state index contributed by atoms with van der Waals surface area (Å²) in [7, 11) is 3.18. The third-order valence-electron chi connectivity index (χ3n) is 5.13. The van der Waals surface area contributed by atoms with Gasteiger partial charge in [-0.15, -0.1) is 0 Å². The molecular weight excluding hydrogens is 384 g/mol. The molecule has 0 radical (unpaired) electrons. The molecule has 1 aliphatic heterocycles. The number of methoxy groups -OCH3 is 1. The third kappa shape index (κ3) is 3.25. The van der Waals surface area contributed by atoms with Crippen molar-refractivity contribution in [3.8, 4) is 23.3 Å². The Morgan fingerprint density at radius 1 is 1.30 bits per heavy atom. The summed E-state index contributed by atoms with van der Waals surface area (Å²) < 4.78 is 6.84. The van der Waals surface area contributed by atoms with E-state index in [2.05, 4.69) is 16.9 Å². The van der Waals surface area contributed by atoms with Gasteiger partial charge in [-0.1, -0.05) is 17.9 Å². The van der Waals surface area contributed by atoms with Crippen LogP contribution in [-0.2, 0) is 4.79 Å². The molecule has 2 aromatic carbocycles. The van der Waals surface area contributed by atoms with Crippen LogP contribution in [0.2, 0.25) is 0 Å². The second-order valence-electron chi connectivity index (χ2n) is 7.15. The highest BCUT2D eigenvalue weighted by molar-refractivity contribution is 6.04. The summed E-state index contributed by atoms with van der Waals surface area (Å²) in [5.74, 6) is 5.13. The normalized spacial score (nSPS) is 18.4. The van der Waals surface area contributed by atoms with Crippen LogP contribution >= 0.6 is 0 Å². The van der Waals surface area contributed by atoms with Crippen molar-refractivity contribution in [3.63, 3.8) is 0 Å². The Bertz CT molecular complexity index is 1240. The van der Waals surface area contributed by atoms with Crippen LogP contribution < -0.4 is 10.5 Å². The lowest BCUT2D eigenvalue weighted by molar-refractivity contribution is -0.137. The maximum absolute atomic E-state index is 12.1. The molecule has 4 rings (SSSR count). The highest BCUT2D eigenvalue weighted by atomic mass is 16.5. The van der Waals surface area contributed by atoms with E-state index in [9.17, 15) is 14.7 Å². The maximum atomic E-state index is 12.1. The number of likely N-dealkylation sites (tertiary alicyclic amines) is 1. The number of primary amides is 1. The predicted octanol–water partition coefficient (Wildman–Crippen LogP) is 1.08. The minimum Gasteiger partial charge on any atom is -0.497 e. The van der Waals surface area contributed by atoms with Gasteiger partial charge in [-0.25, -0.2) is 4.68 Å². The van der Waals surface area contributed by atoms with Gasteiger partial charge in [-0.3, -0.25) is 9.59 Å². The Labute approximate surface area is 172 Å².